The molecule has 29 heavy (non-hydrogen) atoms. The van der Waals surface area contributed by atoms with E-state index in [1.54, 1.807) is 16.4 Å². The monoisotopic (exact) mass is 400 g/mol. The molecule has 0 saturated heterocycles. The van der Waals surface area contributed by atoms with Gasteiger partial charge in [-0.25, -0.2) is 9.67 Å². The van der Waals surface area contributed by atoms with Crippen molar-refractivity contribution in [1.82, 2.24) is 29.9 Å². The maximum absolute atomic E-state index is 5.77. The first-order chi connectivity index (χ1) is 14.4. The average molecular weight is 400 g/mol. The van der Waals surface area contributed by atoms with E-state index in [9.17, 15) is 0 Å². The lowest BCUT2D eigenvalue weighted by atomic mass is 10.0. The van der Waals surface area contributed by atoms with Crippen LogP contribution in [0.4, 0.5) is 0 Å². The molecule has 1 aliphatic rings. The number of hydrogen-bond acceptors (Lipinski definition) is 7. The van der Waals surface area contributed by atoms with Gasteiger partial charge in [-0.3, -0.25) is 0 Å². The molecule has 3 heterocycles. The van der Waals surface area contributed by atoms with Crippen LogP contribution in [0, 0.1) is 0 Å². The van der Waals surface area contributed by atoms with E-state index in [0.717, 1.165) is 27.7 Å². The summed E-state index contributed by atoms with van der Waals surface area (Å²) in [4.78, 5) is 9.11. The lowest BCUT2D eigenvalue weighted by molar-refractivity contribution is 0.268. The molecule has 0 N–H and O–H groups in total. The summed E-state index contributed by atoms with van der Waals surface area (Å²) in [5.41, 5.74) is 3.33. The van der Waals surface area contributed by atoms with Gasteiger partial charge in [-0.1, -0.05) is 83.6 Å². The van der Waals surface area contributed by atoms with Gasteiger partial charge in [-0.15, -0.1) is 10.2 Å². The van der Waals surface area contributed by atoms with E-state index in [2.05, 4.69) is 25.3 Å². The molecule has 0 atom stereocenters. The van der Waals surface area contributed by atoms with E-state index in [4.69, 9.17) is 4.74 Å². The number of benzene rings is 2. The highest BCUT2D eigenvalue weighted by Crippen LogP contribution is 2.29. The van der Waals surface area contributed by atoms with Crippen LogP contribution in [0.25, 0.3) is 28.7 Å². The van der Waals surface area contributed by atoms with Gasteiger partial charge in [0, 0.05) is 23.1 Å². The summed E-state index contributed by atoms with van der Waals surface area (Å²) in [6.07, 6.45) is 3.95. The van der Waals surface area contributed by atoms with E-state index in [-0.39, 0.29) is 12.6 Å². The number of aromatic nitrogens is 6. The third kappa shape index (κ3) is 3.74. The maximum Gasteiger partial charge on any atom is 0.336 e. The Balaban J connectivity index is 1.45. The summed E-state index contributed by atoms with van der Waals surface area (Å²) in [6, 6.07) is 20.0. The van der Waals surface area contributed by atoms with Gasteiger partial charge < -0.3 is 4.74 Å². The van der Waals surface area contributed by atoms with Crippen molar-refractivity contribution in [3.63, 3.8) is 0 Å². The average Bonchev–Trinajstić information content (AvgIpc) is 3.22. The largest absolute Gasteiger partial charge is 0.454 e. The van der Waals surface area contributed by atoms with Gasteiger partial charge in [0.1, 0.15) is 11.4 Å². The van der Waals surface area contributed by atoms with Crippen molar-refractivity contribution in [2.45, 2.75) is 11.8 Å². The standard InChI is InChI=1S/C21H16N6OS/c1-3-8-15(9-4-1)18-19(16-10-5-2-6-11-16)24-25-20(23-18)28-14-17-22-21-27(26-17)12-7-13-29-21/h1-12H,13-14H2. The van der Waals surface area contributed by atoms with Gasteiger partial charge in [0.2, 0.25) is 0 Å². The molecule has 0 spiro atoms. The molecule has 142 valence electrons. The number of rotatable bonds is 5. The number of hydrogen-bond donors (Lipinski definition) is 0. The van der Waals surface area contributed by atoms with Crippen LogP contribution in [0.5, 0.6) is 6.01 Å². The molecule has 0 fully saturated rings. The predicted octanol–water partition coefficient (Wildman–Crippen LogP) is 3.95. The zero-order valence-electron chi connectivity index (χ0n) is 15.3. The Morgan fingerprint density at radius 1 is 0.862 bits per heavy atom. The summed E-state index contributed by atoms with van der Waals surface area (Å²) < 4.78 is 7.52. The van der Waals surface area contributed by atoms with Crippen molar-refractivity contribution >= 4 is 18.0 Å². The molecular weight excluding hydrogens is 384 g/mol. The zero-order valence-corrected chi connectivity index (χ0v) is 16.2. The van der Waals surface area contributed by atoms with Crippen molar-refractivity contribution in [3.8, 4) is 28.5 Å². The Kier molecular flexibility index (Phi) is 4.75. The van der Waals surface area contributed by atoms with Crippen molar-refractivity contribution in [2.24, 2.45) is 0 Å². The van der Waals surface area contributed by atoms with Crippen LogP contribution in [0.1, 0.15) is 5.82 Å². The summed E-state index contributed by atoms with van der Waals surface area (Å²) in [5.74, 6) is 1.48. The highest BCUT2D eigenvalue weighted by atomic mass is 32.2. The Hall–Kier alpha value is -3.52. The van der Waals surface area contributed by atoms with Gasteiger partial charge >= 0.3 is 6.01 Å². The molecular formula is C21H16N6OS. The lowest BCUT2D eigenvalue weighted by Crippen LogP contribution is -2.05. The molecule has 0 saturated carbocycles. The van der Waals surface area contributed by atoms with E-state index >= 15 is 0 Å². The smallest absolute Gasteiger partial charge is 0.336 e. The van der Waals surface area contributed by atoms with Gasteiger partial charge in [0.15, 0.2) is 17.6 Å². The van der Waals surface area contributed by atoms with Gasteiger partial charge in [0.25, 0.3) is 0 Å². The molecule has 7 nitrogen and oxygen atoms in total. The van der Waals surface area contributed by atoms with Crippen LogP contribution in [0.15, 0.2) is 71.9 Å². The molecule has 0 unspecified atom stereocenters. The third-order valence-electron chi connectivity index (χ3n) is 4.29. The number of fused-ring (bicyclic) bond motifs is 1. The molecule has 1 aliphatic heterocycles. The third-order valence-corrected chi connectivity index (χ3v) is 5.19. The molecule has 0 aliphatic carbocycles. The van der Waals surface area contributed by atoms with E-state index < -0.39 is 0 Å². The predicted molar refractivity (Wildman–Crippen MR) is 111 cm³/mol. The second-order valence-electron chi connectivity index (χ2n) is 6.26. The number of nitrogens with zero attached hydrogens (tertiary/aromatic N) is 6. The van der Waals surface area contributed by atoms with Crippen molar-refractivity contribution in [2.75, 3.05) is 5.75 Å². The highest BCUT2D eigenvalue weighted by molar-refractivity contribution is 7.99. The number of thioether (sulfide) groups is 1. The van der Waals surface area contributed by atoms with Gasteiger partial charge in [-0.05, 0) is 0 Å². The topological polar surface area (TPSA) is 78.6 Å². The van der Waals surface area contributed by atoms with Crippen molar-refractivity contribution in [3.05, 3.63) is 72.6 Å². The van der Waals surface area contributed by atoms with Crippen molar-refractivity contribution in [1.29, 1.82) is 0 Å². The minimum atomic E-state index is 0.176. The minimum Gasteiger partial charge on any atom is -0.454 e. The Morgan fingerprint density at radius 3 is 2.31 bits per heavy atom. The van der Waals surface area contributed by atoms with E-state index in [0.29, 0.717) is 11.5 Å². The van der Waals surface area contributed by atoms with Crippen LogP contribution < -0.4 is 4.74 Å². The quantitative estimate of drug-likeness (QED) is 0.502. The Bertz CT molecular complexity index is 1160. The first-order valence-electron chi connectivity index (χ1n) is 9.10. The van der Waals surface area contributed by atoms with Gasteiger partial charge in [-0.2, -0.15) is 4.98 Å². The first-order valence-corrected chi connectivity index (χ1v) is 10.1. The van der Waals surface area contributed by atoms with Crippen LogP contribution >= 0.6 is 11.8 Å². The summed E-state index contributed by atoms with van der Waals surface area (Å²) in [5, 5.41) is 13.8. The van der Waals surface area contributed by atoms with E-state index in [1.807, 2.05) is 72.9 Å². The fourth-order valence-electron chi connectivity index (χ4n) is 2.96. The second-order valence-corrected chi connectivity index (χ2v) is 7.25. The second kappa shape index (κ2) is 7.84. The van der Waals surface area contributed by atoms with Crippen LogP contribution in [-0.4, -0.2) is 35.7 Å². The molecule has 2 aromatic carbocycles. The molecule has 0 amide bonds. The number of ether oxygens (including phenoxy) is 1. The van der Waals surface area contributed by atoms with Gasteiger partial charge in [0.05, 0.1) is 0 Å². The fourth-order valence-corrected chi connectivity index (χ4v) is 3.70. The summed E-state index contributed by atoms with van der Waals surface area (Å²) in [7, 11) is 0. The first kappa shape index (κ1) is 17.6. The Morgan fingerprint density at radius 2 is 1.59 bits per heavy atom. The SMILES string of the molecule is C1=Cn2nc(COc3nnc(-c4ccccc4)c(-c4ccccc4)n3)nc2SC1. The van der Waals surface area contributed by atoms with Crippen LogP contribution in [0.3, 0.4) is 0 Å². The molecule has 4 aromatic rings. The van der Waals surface area contributed by atoms with Crippen LogP contribution in [0.2, 0.25) is 0 Å². The van der Waals surface area contributed by atoms with Crippen molar-refractivity contribution < 1.29 is 4.74 Å². The zero-order chi connectivity index (χ0) is 19.5. The lowest BCUT2D eigenvalue weighted by Gasteiger charge is -2.09. The molecule has 0 bridgehead atoms. The fraction of sp³-hybridized carbons (Fsp3) is 0.0952. The normalized spacial score (nSPS) is 12.6. The molecule has 2 aromatic heterocycles. The minimum absolute atomic E-state index is 0.176. The molecule has 8 heteroatoms. The molecule has 0 radical (unpaired) electrons. The van der Waals surface area contributed by atoms with Crippen LogP contribution in [-0.2, 0) is 6.61 Å². The summed E-state index contributed by atoms with van der Waals surface area (Å²) >= 11 is 1.63. The van der Waals surface area contributed by atoms with E-state index in [1.165, 1.54) is 0 Å². The maximum atomic E-state index is 5.77. The summed E-state index contributed by atoms with van der Waals surface area (Å²) in [6.45, 7) is 0.176. The molecule has 5 rings (SSSR count). The Labute approximate surface area is 171 Å². The highest BCUT2D eigenvalue weighted by Gasteiger charge is 2.16.